The van der Waals surface area contributed by atoms with E-state index in [1.807, 2.05) is 0 Å². The van der Waals surface area contributed by atoms with Crippen LogP contribution < -0.4 is 5.32 Å². The van der Waals surface area contributed by atoms with Gasteiger partial charge in [0.2, 0.25) is 0 Å². The van der Waals surface area contributed by atoms with Gasteiger partial charge in [0.25, 0.3) is 5.91 Å². The van der Waals surface area contributed by atoms with E-state index in [0.717, 1.165) is 0 Å². The Morgan fingerprint density at radius 2 is 2.22 bits per heavy atom. The number of carbonyl (C=O) groups excluding carboxylic acids is 1. The summed E-state index contributed by atoms with van der Waals surface area (Å²) in [6.45, 7) is 0.897. The molecule has 0 spiro atoms. The zero-order chi connectivity index (χ0) is 13.0. The molecule has 1 amide bonds. The Kier molecular flexibility index (Phi) is 4.06. The van der Waals surface area contributed by atoms with Crippen LogP contribution in [0.2, 0.25) is 10.3 Å². The Morgan fingerprint density at radius 3 is 2.94 bits per heavy atom. The van der Waals surface area contributed by atoms with Gasteiger partial charge in [0, 0.05) is 12.7 Å². The molecule has 2 aromatic rings. The van der Waals surface area contributed by atoms with E-state index in [-0.39, 0.29) is 21.8 Å². The van der Waals surface area contributed by atoms with Crippen LogP contribution in [-0.2, 0) is 6.54 Å². The second-order valence-electron chi connectivity index (χ2n) is 3.29. The molecule has 0 saturated heterocycles. The van der Waals surface area contributed by atoms with Gasteiger partial charge in [-0.1, -0.05) is 28.4 Å². The fraction of sp³-hybridized carbons (Fsp3) is 0.222. The molecular formula is C9H8Cl2N6O. The number of carbonyl (C=O) groups is 1. The molecule has 0 aliphatic rings. The third kappa shape index (κ3) is 3.14. The SMILES string of the molecule is O=C(NCCn1ccnn1)c1cc(Cl)nnc1Cl. The van der Waals surface area contributed by atoms with Gasteiger partial charge in [-0.05, 0) is 6.07 Å². The van der Waals surface area contributed by atoms with Crippen LogP contribution in [0, 0.1) is 0 Å². The van der Waals surface area contributed by atoms with Crippen molar-refractivity contribution in [1.29, 1.82) is 0 Å². The van der Waals surface area contributed by atoms with E-state index in [1.165, 1.54) is 6.07 Å². The largest absolute Gasteiger partial charge is 0.350 e. The van der Waals surface area contributed by atoms with Gasteiger partial charge in [0.05, 0.1) is 18.3 Å². The molecule has 2 heterocycles. The second kappa shape index (κ2) is 5.74. The minimum absolute atomic E-state index is 0.0117. The van der Waals surface area contributed by atoms with Gasteiger partial charge in [-0.3, -0.25) is 9.48 Å². The van der Waals surface area contributed by atoms with Gasteiger partial charge in [-0.25, -0.2) is 0 Å². The minimum Gasteiger partial charge on any atom is -0.350 e. The monoisotopic (exact) mass is 286 g/mol. The van der Waals surface area contributed by atoms with E-state index in [4.69, 9.17) is 23.2 Å². The van der Waals surface area contributed by atoms with Crippen molar-refractivity contribution in [2.75, 3.05) is 6.54 Å². The number of halogens is 2. The fourth-order valence-electron chi connectivity index (χ4n) is 1.24. The molecule has 2 aromatic heterocycles. The summed E-state index contributed by atoms with van der Waals surface area (Å²) in [5.41, 5.74) is 0.190. The number of rotatable bonds is 4. The standard InChI is InChI=1S/C9H8Cl2N6O/c10-7-5-6(8(11)15-14-7)9(18)12-1-3-17-4-2-13-16-17/h2,4-5H,1,3H2,(H,12,18). The predicted molar refractivity (Wildman–Crippen MR) is 64.4 cm³/mol. The van der Waals surface area contributed by atoms with E-state index < -0.39 is 0 Å². The molecule has 7 nitrogen and oxygen atoms in total. The van der Waals surface area contributed by atoms with E-state index >= 15 is 0 Å². The number of nitrogens with zero attached hydrogens (tertiary/aromatic N) is 5. The van der Waals surface area contributed by atoms with Crippen molar-refractivity contribution < 1.29 is 4.79 Å². The summed E-state index contributed by atoms with van der Waals surface area (Å²) in [5, 5.41) is 17.3. The summed E-state index contributed by atoms with van der Waals surface area (Å²) >= 11 is 11.4. The maximum atomic E-state index is 11.8. The normalized spacial score (nSPS) is 10.3. The van der Waals surface area contributed by atoms with Gasteiger partial charge in [-0.15, -0.1) is 15.3 Å². The van der Waals surface area contributed by atoms with Crippen molar-refractivity contribution in [1.82, 2.24) is 30.5 Å². The summed E-state index contributed by atoms with van der Waals surface area (Å²) in [6, 6.07) is 1.36. The first-order valence-corrected chi connectivity index (χ1v) is 5.73. The molecule has 0 aromatic carbocycles. The first-order valence-electron chi connectivity index (χ1n) is 4.98. The number of nitrogens with one attached hydrogen (secondary N) is 1. The Bertz CT molecular complexity index is 544. The van der Waals surface area contributed by atoms with Crippen LogP contribution in [0.5, 0.6) is 0 Å². The van der Waals surface area contributed by atoms with Gasteiger partial charge < -0.3 is 5.32 Å². The summed E-state index contributed by atoms with van der Waals surface area (Å²) in [5.74, 6) is -0.364. The van der Waals surface area contributed by atoms with Gasteiger partial charge >= 0.3 is 0 Å². The molecule has 94 valence electrons. The molecule has 0 unspecified atom stereocenters. The van der Waals surface area contributed by atoms with Crippen molar-refractivity contribution in [3.63, 3.8) is 0 Å². The Labute approximate surface area is 112 Å². The zero-order valence-electron chi connectivity index (χ0n) is 9.05. The predicted octanol–water partition coefficient (Wildman–Crippen LogP) is 0.805. The topological polar surface area (TPSA) is 85.6 Å². The maximum Gasteiger partial charge on any atom is 0.254 e. The molecular weight excluding hydrogens is 279 g/mol. The number of hydrogen-bond acceptors (Lipinski definition) is 5. The van der Waals surface area contributed by atoms with Gasteiger partial charge in [0.1, 0.15) is 0 Å². The lowest BCUT2D eigenvalue weighted by atomic mass is 10.3. The molecule has 0 atom stereocenters. The molecule has 0 aliphatic carbocycles. The Hall–Kier alpha value is -1.73. The van der Waals surface area contributed by atoms with E-state index in [2.05, 4.69) is 25.8 Å². The van der Waals surface area contributed by atoms with Crippen LogP contribution in [0.15, 0.2) is 18.5 Å². The molecule has 0 saturated carbocycles. The van der Waals surface area contributed by atoms with Crippen LogP contribution in [0.25, 0.3) is 0 Å². The van der Waals surface area contributed by atoms with E-state index in [1.54, 1.807) is 17.1 Å². The molecule has 18 heavy (non-hydrogen) atoms. The van der Waals surface area contributed by atoms with Crippen LogP contribution in [0.1, 0.15) is 10.4 Å². The van der Waals surface area contributed by atoms with Crippen LogP contribution >= 0.6 is 23.2 Å². The average molecular weight is 287 g/mol. The van der Waals surface area contributed by atoms with Crippen LogP contribution in [0.4, 0.5) is 0 Å². The smallest absolute Gasteiger partial charge is 0.254 e. The third-order valence-corrected chi connectivity index (χ3v) is 2.53. The highest BCUT2D eigenvalue weighted by atomic mass is 35.5. The number of amides is 1. The van der Waals surface area contributed by atoms with Crippen molar-refractivity contribution >= 4 is 29.1 Å². The molecule has 0 bridgehead atoms. The first kappa shape index (κ1) is 12.7. The van der Waals surface area contributed by atoms with Crippen LogP contribution in [0.3, 0.4) is 0 Å². The summed E-state index contributed by atoms with van der Waals surface area (Å²) < 4.78 is 1.60. The number of aromatic nitrogens is 5. The van der Waals surface area contributed by atoms with E-state index in [9.17, 15) is 4.79 Å². The Balaban J connectivity index is 1.93. The highest BCUT2D eigenvalue weighted by Gasteiger charge is 2.12. The van der Waals surface area contributed by atoms with Gasteiger partial charge in [0.15, 0.2) is 10.3 Å². The second-order valence-corrected chi connectivity index (χ2v) is 4.04. The Morgan fingerprint density at radius 1 is 1.39 bits per heavy atom. The first-order chi connectivity index (χ1) is 8.66. The molecule has 0 aliphatic heterocycles. The lowest BCUT2D eigenvalue weighted by molar-refractivity contribution is 0.0951. The third-order valence-electron chi connectivity index (χ3n) is 2.06. The zero-order valence-corrected chi connectivity index (χ0v) is 10.6. The molecule has 0 radical (unpaired) electrons. The highest BCUT2D eigenvalue weighted by molar-refractivity contribution is 6.34. The minimum atomic E-state index is -0.364. The molecule has 0 fully saturated rings. The highest BCUT2D eigenvalue weighted by Crippen LogP contribution is 2.14. The quantitative estimate of drug-likeness (QED) is 0.899. The summed E-state index contributed by atoms with van der Waals surface area (Å²) in [6.07, 6.45) is 3.26. The summed E-state index contributed by atoms with van der Waals surface area (Å²) in [4.78, 5) is 11.8. The van der Waals surface area contributed by atoms with E-state index in [0.29, 0.717) is 13.1 Å². The lowest BCUT2D eigenvalue weighted by Crippen LogP contribution is -2.28. The molecule has 2 rings (SSSR count). The maximum absolute atomic E-state index is 11.8. The molecule has 1 N–H and O–H groups in total. The number of hydrogen-bond donors (Lipinski definition) is 1. The van der Waals surface area contributed by atoms with Gasteiger partial charge in [-0.2, -0.15) is 0 Å². The van der Waals surface area contributed by atoms with Crippen LogP contribution in [-0.4, -0.2) is 37.6 Å². The molecule has 9 heteroatoms. The van der Waals surface area contributed by atoms with Crippen molar-refractivity contribution in [2.24, 2.45) is 0 Å². The van der Waals surface area contributed by atoms with Crippen molar-refractivity contribution in [3.05, 3.63) is 34.3 Å². The van der Waals surface area contributed by atoms with Crippen molar-refractivity contribution in [3.8, 4) is 0 Å². The average Bonchev–Trinajstić information content (AvgIpc) is 2.85. The van der Waals surface area contributed by atoms with Crippen molar-refractivity contribution in [2.45, 2.75) is 6.54 Å². The summed E-state index contributed by atoms with van der Waals surface area (Å²) in [7, 11) is 0. The lowest BCUT2D eigenvalue weighted by Gasteiger charge is -2.05. The fourth-order valence-corrected chi connectivity index (χ4v) is 1.57.